The number of hydrogen-bond acceptors (Lipinski definition) is 5. The lowest BCUT2D eigenvalue weighted by Crippen LogP contribution is -2.00. The van der Waals surface area contributed by atoms with E-state index in [0.29, 0.717) is 22.5 Å². The van der Waals surface area contributed by atoms with Gasteiger partial charge in [-0.1, -0.05) is 6.08 Å². The van der Waals surface area contributed by atoms with E-state index < -0.39 is 5.97 Å². The van der Waals surface area contributed by atoms with Crippen molar-refractivity contribution in [1.29, 1.82) is 0 Å². The third-order valence-corrected chi connectivity index (χ3v) is 3.31. The van der Waals surface area contributed by atoms with E-state index in [9.17, 15) is 9.90 Å². The second-order valence-corrected chi connectivity index (χ2v) is 5.10. The van der Waals surface area contributed by atoms with Gasteiger partial charge in [0.15, 0.2) is 17.2 Å². The first-order valence-corrected chi connectivity index (χ1v) is 7.19. The molecule has 0 saturated heterocycles. The Morgan fingerprint density at radius 3 is 2.77 bits per heavy atom. The van der Waals surface area contributed by atoms with Gasteiger partial charge < -0.3 is 14.9 Å². The third-order valence-electron chi connectivity index (χ3n) is 2.70. The van der Waals surface area contributed by atoms with Crippen LogP contribution in [-0.2, 0) is 0 Å². The van der Waals surface area contributed by atoms with Gasteiger partial charge in [-0.25, -0.2) is 14.8 Å². The standard InChI is InChI=1S/C15H13BrN2O4/c1-2-22-13-6-9(5-11(16)14(13)19)3-4-10-7-12(15(20)21)18-8-17-10/h3-8,19H,2H2,1H3,(H,20,21)/b4-3+. The number of rotatable bonds is 5. The molecular weight excluding hydrogens is 352 g/mol. The number of carboxylic acid groups (broad SMARTS) is 1. The molecule has 0 fully saturated rings. The molecule has 0 aliphatic carbocycles. The summed E-state index contributed by atoms with van der Waals surface area (Å²) in [5, 5.41) is 18.7. The number of benzene rings is 1. The van der Waals surface area contributed by atoms with Gasteiger partial charge in [-0.2, -0.15) is 0 Å². The van der Waals surface area contributed by atoms with Crippen LogP contribution in [-0.4, -0.2) is 32.8 Å². The van der Waals surface area contributed by atoms with Crippen LogP contribution in [0.4, 0.5) is 0 Å². The fraction of sp³-hybridized carbons (Fsp3) is 0.133. The first kappa shape index (κ1) is 16.0. The molecule has 0 radical (unpaired) electrons. The summed E-state index contributed by atoms with van der Waals surface area (Å²) in [7, 11) is 0. The minimum absolute atomic E-state index is 0.0363. The fourth-order valence-corrected chi connectivity index (χ4v) is 2.18. The van der Waals surface area contributed by atoms with E-state index in [0.717, 1.165) is 5.56 Å². The van der Waals surface area contributed by atoms with Crippen LogP contribution in [0.2, 0.25) is 0 Å². The Bertz CT molecular complexity index is 731. The van der Waals surface area contributed by atoms with Crippen LogP contribution in [0.3, 0.4) is 0 Å². The maximum absolute atomic E-state index is 10.9. The number of aromatic carboxylic acids is 1. The molecule has 0 unspecified atom stereocenters. The van der Waals surface area contributed by atoms with Gasteiger partial charge in [0.05, 0.1) is 16.8 Å². The highest BCUT2D eigenvalue weighted by atomic mass is 79.9. The lowest BCUT2D eigenvalue weighted by atomic mass is 10.1. The molecule has 1 heterocycles. The van der Waals surface area contributed by atoms with Gasteiger partial charge in [0.2, 0.25) is 0 Å². The van der Waals surface area contributed by atoms with Crippen molar-refractivity contribution in [1.82, 2.24) is 9.97 Å². The number of carboxylic acids is 1. The summed E-state index contributed by atoms with van der Waals surface area (Å²) in [4.78, 5) is 18.5. The predicted octanol–water partition coefficient (Wildman–Crippen LogP) is 3.21. The van der Waals surface area contributed by atoms with Crippen LogP contribution in [0.25, 0.3) is 12.2 Å². The molecule has 22 heavy (non-hydrogen) atoms. The highest BCUT2D eigenvalue weighted by Crippen LogP contribution is 2.35. The quantitative estimate of drug-likeness (QED) is 0.845. The molecule has 0 atom stereocenters. The Kier molecular flexibility index (Phi) is 5.11. The number of halogens is 1. The molecule has 0 saturated carbocycles. The lowest BCUT2D eigenvalue weighted by Gasteiger charge is -2.08. The molecule has 114 valence electrons. The number of ether oxygens (including phenoxy) is 1. The van der Waals surface area contributed by atoms with Crippen molar-refractivity contribution >= 4 is 34.1 Å². The van der Waals surface area contributed by atoms with E-state index in [1.807, 2.05) is 6.92 Å². The van der Waals surface area contributed by atoms with Crippen molar-refractivity contribution in [2.45, 2.75) is 6.92 Å². The van der Waals surface area contributed by atoms with Gasteiger partial charge in [-0.15, -0.1) is 0 Å². The zero-order chi connectivity index (χ0) is 16.1. The van der Waals surface area contributed by atoms with E-state index in [1.54, 1.807) is 24.3 Å². The summed E-state index contributed by atoms with van der Waals surface area (Å²) in [5.74, 6) is -0.706. The highest BCUT2D eigenvalue weighted by Gasteiger charge is 2.08. The summed E-state index contributed by atoms with van der Waals surface area (Å²) in [6, 6.07) is 4.77. The minimum atomic E-state index is -1.11. The Labute approximate surface area is 135 Å². The zero-order valence-electron chi connectivity index (χ0n) is 11.7. The maximum atomic E-state index is 10.9. The fourth-order valence-electron chi connectivity index (χ4n) is 1.72. The van der Waals surface area contributed by atoms with Crippen LogP contribution < -0.4 is 4.74 Å². The van der Waals surface area contributed by atoms with Crippen molar-refractivity contribution in [3.05, 3.63) is 46.0 Å². The summed E-state index contributed by atoms with van der Waals surface area (Å²) >= 11 is 3.26. The topological polar surface area (TPSA) is 92.5 Å². The molecule has 1 aromatic carbocycles. The van der Waals surface area contributed by atoms with Crippen LogP contribution >= 0.6 is 15.9 Å². The summed E-state index contributed by atoms with van der Waals surface area (Å²) in [6.45, 7) is 2.26. The molecule has 0 bridgehead atoms. The van der Waals surface area contributed by atoms with E-state index >= 15 is 0 Å². The molecule has 0 amide bonds. The molecule has 2 aromatic rings. The van der Waals surface area contributed by atoms with E-state index in [2.05, 4.69) is 25.9 Å². The number of phenolic OH excluding ortho intramolecular Hbond substituents is 1. The lowest BCUT2D eigenvalue weighted by molar-refractivity contribution is 0.0690. The van der Waals surface area contributed by atoms with Crippen molar-refractivity contribution < 1.29 is 19.7 Å². The molecular formula is C15H13BrN2O4. The number of aromatic nitrogens is 2. The molecule has 1 aromatic heterocycles. The number of phenols is 1. The number of carbonyl (C=O) groups is 1. The van der Waals surface area contributed by atoms with Gasteiger partial charge in [0, 0.05) is 0 Å². The van der Waals surface area contributed by atoms with Crippen molar-refractivity contribution in [2.75, 3.05) is 6.61 Å². The normalized spacial score (nSPS) is 10.8. The number of nitrogens with zero attached hydrogens (tertiary/aromatic N) is 2. The minimum Gasteiger partial charge on any atom is -0.503 e. The second-order valence-electron chi connectivity index (χ2n) is 4.25. The van der Waals surface area contributed by atoms with Crippen molar-refractivity contribution in [3.63, 3.8) is 0 Å². The molecule has 0 spiro atoms. The Morgan fingerprint density at radius 2 is 2.09 bits per heavy atom. The summed E-state index contributed by atoms with van der Waals surface area (Å²) in [6.07, 6.45) is 4.59. The van der Waals surface area contributed by atoms with E-state index in [-0.39, 0.29) is 11.4 Å². The van der Waals surface area contributed by atoms with Crippen LogP contribution in [0.5, 0.6) is 11.5 Å². The Hall–Kier alpha value is -2.41. The average Bonchev–Trinajstić information content (AvgIpc) is 2.50. The van der Waals surface area contributed by atoms with E-state index in [1.165, 1.54) is 12.4 Å². The molecule has 7 heteroatoms. The number of hydrogen-bond donors (Lipinski definition) is 2. The SMILES string of the molecule is CCOc1cc(/C=C/c2cc(C(=O)O)ncn2)cc(Br)c1O. The smallest absolute Gasteiger partial charge is 0.354 e. The first-order valence-electron chi connectivity index (χ1n) is 6.40. The molecule has 2 rings (SSSR count). The summed E-state index contributed by atoms with van der Waals surface area (Å²) < 4.78 is 5.85. The molecule has 2 N–H and O–H groups in total. The third kappa shape index (κ3) is 3.82. The van der Waals surface area contributed by atoms with Gasteiger partial charge in [-0.3, -0.25) is 0 Å². The van der Waals surface area contributed by atoms with Gasteiger partial charge in [0.25, 0.3) is 0 Å². The van der Waals surface area contributed by atoms with Gasteiger partial charge in [-0.05, 0) is 52.7 Å². The summed E-state index contributed by atoms with van der Waals surface area (Å²) in [5.41, 5.74) is 1.16. The zero-order valence-corrected chi connectivity index (χ0v) is 13.2. The largest absolute Gasteiger partial charge is 0.503 e. The van der Waals surface area contributed by atoms with Crippen LogP contribution in [0.15, 0.2) is 29.0 Å². The first-order chi connectivity index (χ1) is 10.5. The van der Waals surface area contributed by atoms with Gasteiger partial charge in [0.1, 0.15) is 6.33 Å². The predicted molar refractivity (Wildman–Crippen MR) is 84.9 cm³/mol. The molecule has 0 aliphatic rings. The maximum Gasteiger partial charge on any atom is 0.354 e. The monoisotopic (exact) mass is 364 g/mol. The van der Waals surface area contributed by atoms with E-state index in [4.69, 9.17) is 9.84 Å². The van der Waals surface area contributed by atoms with Crippen molar-refractivity contribution in [2.24, 2.45) is 0 Å². The van der Waals surface area contributed by atoms with Crippen LogP contribution in [0, 0.1) is 0 Å². The van der Waals surface area contributed by atoms with Gasteiger partial charge >= 0.3 is 5.97 Å². The second kappa shape index (κ2) is 7.04. The Morgan fingerprint density at radius 1 is 1.32 bits per heavy atom. The number of aromatic hydroxyl groups is 1. The molecule has 0 aliphatic heterocycles. The highest BCUT2D eigenvalue weighted by molar-refractivity contribution is 9.10. The van der Waals surface area contributed by atoms with Crippen LogP contribution in [0.1, 0.15) is 28.7 Å². The Balaban J connectivity index is 2.30. The average molecular weight is 365 g/mol. The van der Waals surface area contributed by atoms with Crippen molar-refractivity contribution in [3.8, 4) is 11.5 Å². The molecule has 6 nitrogen and oxygen atoms in total.